The van der Waals surface area contributed by atoms with Gasteiger partial charge in [0.1, 0.15) is 17.3 Å². The highest BCUT2D eigenvalue weighted by atomic mass is 19.1. The molecule has 1 aliphatic heterocycles. The highest BCUT2D eigenvalue weighted by molar-refractivity contribution is 5.92. The van der Waals surface area contributed by atoms with Crippen molar-refractivity contribution >= 4 is 5.91 Å². The molecule has 27 heavy (non-hydrogen) atoms. The fourth-order valence-electron chi connectivity index (χ4n) is 3.90. The van der Waals surface area contributed by atoms with E-state index in [2.05, 4.69) is 5.32 Å². The van der Waals surface area contributed by atoms with E-state index in [0.29, 0.717) is 5.69 Å². The molecule has 146 valence electrons. The first-order valence-corrected chi connectivity index (χ1v) is 9.17. The fourth-order valence-corrected chi connectivity index (χ4v) is 3.90. The molecular weight excluding hydrogens is 352 g/mol. The van der Waals surface area contributed by atoms with E-state index in [-0.39, 0.29) is 24.1 Å². The summed E-state index contributed by atoms with van der Waals surface area (Å²) in [6.07, 6.45) is 1.57. The number of carbonyl (C=O) groups is 1. The Morgan fingerprint density at radius 1 is 1.26 bits per heavy atom. The molecule has 1 aliphatic rings. The average molecular weight is 377 g/mol. The first-order chi connectivity index (χ1) is 12.9. The van der Waals surface area contributed by atoms with Crippen molar-refractivity contribution < 1.29 is 18.7 Å². The number of aromatic nitrogens is 1. The lowest BCUT2D eigenvalue weighted by Crippen LogP contribution is -2.38. The summed E-state index contributed by atoms with van der Waals surface area (Å²) in [6, 6.07) is 7.25. The molecule has 1 saturated heterocycles. The maximum atomic E-state index is 14.0. The summed E-state index contributed by atoms with van der Waals surface area (Å²) < 4.78 is 29.9. The molecule has 1 fully saturated rings. The Bertz CT molecular complexity index is 801. The lowest BCUT2D eigenvalue weighted by atomic mass is 9.97. The van der Waals surface area contributed by atoms with Gasteiger partial charge in [0.15, 0.2) is 0 Å². The third-order valence-electron chi connectivity index (χ3n) is 5.32. The van der Waals surface area contributed by atoms with Gasteiger partial charge in [-0.15, -0.1) is 0 Å². The Morgan fingerprint density at radius 2 is 1.96 bits per heavy atom. The molecule has 1 aromatic heterocycles. The van der Waals surface area contributed by atoms with Crippen LogP contribution in [0, 0.1) is 11.6 Å². The molecule has 2 heterocycles. The van der Waals surface area contributed by atoms with E-state index in [1.54, 1.807) is 13.1 Å². The quantitative estimate of drug-likeness (QED) is 0.842. The Balaban J connectivity index is 1.84. The van der Waals surface area contributed by atoms with Gasteiger partial charge in [0.2, 0.25) is 0 Å². The van der Waals surface area contributed by atoms with Crippen LogP contribution in [0.1, 0.15) is 53.2 Å². The summed E-state index contributed by atoms with van der Waals surface area (Å²) in [7, 11) is 3.42. The normalized spacial score (nSPS) is 19.1. The molecule has 1 amide bonds. The van der Waals surface area contributed by atoms with Crippen LogP contribution in [-0.2, 0) is 7.05 Å². The number of halogens is 2. The van der Waals surface area contributed by atoms with Crippen LogP contribution in [0.5, 0.6) is 0 Å². The first kappa shape index (κ1) is 19.5. The van der Waals surface area contributed by atoms with Gasteiger partial charge < -0.3 is 15.0 Å². The predicted octanol–water partition coefficient (Wildman–Crippen LogP) is 2.92. The van der Waals surface area contributed by atoms with Gasteiger partial charge in [-0.25, -0.2) is 8.78 Å². The Labute approximate surface area is 157 Å². The number of hydrogen-bond acceptors (Lipinski definition) is 3. The molecule has 0 spiro atoms. The third-order valence-corrected chi connectivity index (χ3v) is 5.32. The number of nitrogens with one attached hydrogen (secondary N) is 1. The third kappa shape index (κ3) is 3.89. The van der Waals surface area contributed by atoms with Gasteiger partial charge in [0.25, 0.3) is 5.91 Å². The van der Waals surface area contributed by atoms with Crippen molar-refractivity contribution in [3.8, 4) is 0 Å². The summed E-state index contributed by atoms with van der Waals surface area (Å²) >= 11 is 0. The number of nitrogens with zero attached hydrogens (tertiary/aromatic N) is 2. The number of aliphatic hydroxyl groups is 1. The van der Waals surface area contributed by atoms with Crippen LogP contribution in [0.3, 0.4) is 0 Å². The molecule has 7 heteroatoms. The smallest absolute Gasteiger partial charge is 0.267 e. The van der Waals surface area contributed by atoms with Crippen LogP contribution in [0.15, 0.2) is 30.3 Å². The average Bonchev–Trinajstić information content (AvgIpc) is 3.02. The van der Waals surface area contributed by atoms with Gasteiger partial charge in [-0.05, 0) is 43.7 Å². The van der Waals surface area contributed by atoms with Gasteiger partial charge in [0.05, 0.1) is 17.7 Å². The summed E-state index contributed by atoms with van der Waals surface area (Å²) in [5.41, 5.74) is 1.22. The molecule has 0 radical (unpaired) electrons. The van der Waals surface area contributed by atoms with Gasteiger partial charge in [-0.2, -0.15) is 0 Å². The van der Waals surface area contributed by atoms with Crippen molar-refractivity contribution in [1.82, 2.24) is 14.8 Å². The predicted molar refractivity (Wildman–Crippen MR) is 98.3 cm³/mol. The second kappa shape index (κ2) is 8.19. The molecule has 2 aromatic rings. The van der Waals surface area contributed by atoms with E-state index in [9.17, 15) is 18.7 Å². The van der Waals surface area contributed by atoms with Gasteiger partial charge >= 0.3 is 0 Å². The minimum absolute atomic E-state index is 0.0216. The minimum Gasteiger partial charge on any atom is -0.387 e. The van der Waals surface area contributed by atoms with E-state index < -0.39 is 17.7 Å². The van der Waals surface area contributed by atoms with Crippen LogP contribution in [0.4, 0.5) is 8.78 Å². The highest BCUT2D eigenvalue weighted by Crippen LogP contribution is 2.34. The van der Waals surface area contributed by atoms with Crippen molar-refractivity contribution in [3.05, 3.63) is 58.9 Å². The number of hydrogen-bond donors (Lipinski definition) is 2. The second-order valence-corrected chi connectivity index (χ2v) is 6.94. The summed E-state index contributed by atoms with van der Waals surface area (Å²) in [5, 5.41) is 13.1. The number of likely N-dealkylation sites (tertiary alicyclic amines) is 1. The molecule has 0 saturated carbocycles. The topological polar surface area (TPSA) is 57.5 Å². The Morgan fingerprint density at radius 3 is 2.63 bits per heavy atom. The zero-order valence-electron chi connectivity index (χ0n) is 15.6. The molecule has 2 atom stereocenters. The van der Waals surface area contributed by atoms with E-state index in [1.165, 1.54) is 6.07 Å². The number of amides is 1. The number of benzene rings is 1. The van der Waals surface area contributed by atoms with Crippen molar-refractivity contribution in [3.63, 3.8) is 0 Å². The molecule has 2 unspecified atom stereocenters. The van der Waals surface area contributed by atoms with Crippen LogP contribution >= 0.6 is 0 Å². The summed E-state index contributed by atoms with van der Waals surface area (Å²) in [4.78, 5) is 14.0. The molecule has 5 nitrogen and oxygen atoms in total. The standard InChI is InChI=1S/C20H25F2N3O2/c1-23-20(27)17-10-9-15(24(17)2)16-8-3-4-11-25(16)12-18(26)19-13(21)6-5-7-14(19)22/h5-7,9-10,16,18,26H,3-4,8,11-12H2,1-2H3,(H,23,27). The summed E-state index contributed by atoms with van der Waals surface area (Å²) in [5.74, 6) is -1.65. The largest absolute Gasteiger partial charge is 0.387 e. The number of piperidine rings is 1. The van der Waals surface area contributed by atoms with E-state index in [1.807, 2.05) is 22.6 Å². The van der Waals surface area contributed by atoms with Crippen LogP contribution in [0.25, 0.3) is 0 Å². The van der Waals surface area contributed by atoms with Crippen molar-refractivity contribution in [2.75, 3.05) is 20.1 Å². The van der Waals surface area contributed by atoms with E-state index in [0.717, 1.165) is 43.6 Å². The zero-order chi connectivity index (χ0) is 19.6. The number of aliphatic hydroxyl groups excluding tert-OH is 1. The Hall–Kier alpha value is -2.25. The van der Waals surface area contributed by atoms with Crippen LogP contribution in [0.2, 0.25) is 0 Å². The van der Waals surface area contributed by atoms with Crippen molar-refractivity contribution in [2.24, 2.45) is 7.05 Å². The molecule has 2 N–H and O–H groups in total. The number of carbonyl (C=O) groups excluding carboxylic acids is 1. The van der Waals surface area contributed by atoms with Crippen LogP contribution in [-0.4, -0.2) is 40.6 Å². The lowest BCUT2D eigenvalue weighted by Gasteiger charge is -2.37. The van der Waals surface area contributed by atoms with E-state index in [4.69, 9.17) is 0 Å². The van der Waals surface area contributed by atoms with Gasteiger partial charge in [-0.3, -0.25) is 9.69 Å². The SMILES string of the molecule is CNC(=O)c1ccc(C2CCCCN2CC(O)c2c(F)cccc2F)n1C. The second-order valence-electron chi connectivity index (χ2n) is 6.94. The zero-order valence-corrected chi connectivity index (χ0v) is 15.6. The van der Waals surface area contributed by atoms with Crippen molar-refractivity contribution in [2.45, 2.75) is 31.4 Å². The van der Waals surface area contributed by atoms with E-state index >= 15 is 0 Å². The van der Waals surface area contributed by atoms with Crippen molar-refractivity contribution in [1.29, 1.82) is 0 Å². The molecule has 3 rings (SSSR count). The summed E-state index contributed by atoms with van der Waals surface area (Å²) in [6.45, 7) is 0.849. The maximum Gasteiger partial charge on any atom is 0.267 e. The molecule has 1 aromatic carbocycles. The number of β-amino-alcohol motifs (C(OH)–C–C–N with tert-alkyl or cyclic N) is 1. The molecule has 0 aliphatic carbocycles. The first-order valence-electron chi connectivity index (χ1n) is 9.17. The highest BCUT2D eigenvalue weighted by Gasteiger charge is 2.30. The monoisotopic (exact) mass is 377 g/mol. The van der Waals surface area contributed by atoms with Gasteiger partial charge in [-0.1, -0.05) is 12.5 Å². The fraction of sp³-hybridized carbons (Fsp3) is 0.450. The molecular formula is C20H25F2N3O2. The maximum absolute atomic E-state index is 14.0. The van der Waals surface area contributed by atoms with Crippen LogP contribution < -0.4 is 5.32 Å². The lowest BCUT2D eigenvalue weighted by molar-refractivity contribution is 0.0604. The number of rotatable bonds is 5. The molecule has 0 bridgehead atoms. The minimum atomic E-state index is -1.26. The van der Waals surface area contributed by atoms with Gasteiger partial charge in [0, 0.05) is 26.3 Å². The Kier molecular flexibility index (Phi) is 5.92.